The van der Waals surface area contributed by atoms with Gasteiger partial charge in [0.1, 0.15) is 11.3 Å². The molecule has 2 N–H and O–H groups in total. The number of benzene rings is 1. The summed E-state index contributed by atoms with van der Waals surface area (Å²) in [5, 5.41) is 12.2. The topological polar surface area (TPSA) is 80.0 Å². The van der Waals surface area contributed by atoms with Crippen molar-refractivity contribution in [3.63, 3.8) is 0 Å². The van der Waals surface area contributed by atoms with Crippen molar-refractivity contribution in [2.45, 2.75) is 19.8 Å². The third kappa shape index (κ3) is 3.15. The highest BCUT2D eigenvalue weighted by atomic mass is 16.4. The van der Waals surface area contributed by atoms with Gasteiger partial charge < -0.3 is 15.0 Å². The molecule has 0 unspecified atom stereocenters. The van der Waals surface area contributed by atoms with E-state index in [4.69, 9.17) is 5.11 Å². The molecule has 0 atom stereocenters. The number of aliphatic carboxylic acids is 1. The lowest BCUT2D eigenvalue weighted by molar-refractivity contribution is -0.136. The number of hydrogen-bond donors (Lipinski definition) is 2. The number of fused-ring (bicyclic) bond motifs is 1. The molecule has 3 rings (SSSR count). The fourth-order valence-electron chi connectivity index (χ4n) is 2.58. The van der Waals surface area contributed by atoms with Gasteiger partial charge in [-0.25, -0.2) is 9.97 Å². The lowest BCUT2D eigenvalue weighted by Crippen LogP contribution is -2.03. The van der Waals surface area contributed by atoms with Crippen LogP contribution >= 0.6 is 0 Å². The van der Waals surface area contributed by atoms with Crippen LogP contribution in [0.3, 0.4) is 0 Å². The maximum atomic E-state index is 10.8. The average Bonchev–Trinajstić information content (AvgIpc) is 2.89. The molecule has 0 amide bonds. The minimum atomic E-state index is -0.823. The number of carboxylic acids is 1. The number of anilines is 2. The van der Waals surface area contributed by atoms with Gasteiger partial charge in [-0.05, 0) is 23.6 Å². The molecule has 2 aromatic heterocycles. The summed E-state index contributed by atoms with van der Waals surface area (Å²) in [6.07, 6.45) is 4.34. The zero-order valence-corrected chi connectivity index (χ0v) is 13.1. The van der Waals surface area contributed by atoms with Gasteiger partial charge in [0.25, 0.3) is 0 Å². The lowest BCUT2D eigenvalue weighted by atomic mass is 10.0. The summed E-state index contributed by atoms with van der Waals surface area (Å²) >= 11 is 0. The zero-order valence-electron chi connectivity index (χ0n) is 13.1. The van der Waals surface area contributed by atoms with Crippen molar-refractivity contribution in [1.29, 1.82) is 0 Å². The Balaban J connectivity index is 1.91. The van der Waals surface area contributed by atoms with E-state index in [0.29, 0.717) is 0 Å². The monoisotopic (exact) mass is 310 g/mol. The van der Waals surface area contributed by atoms with Crippen molar-refractivity contribution in [2.75, 3.05) is 5.32 Å². The molecular formula is C17H18N4O2. The quantitative estimate of drug-likeness (QED) is 0.757. The highest BCUT2D eigenvalue weighted by Crippen LogP contribution is 2.24. The highest BCUT2D eigenvalue weighted by Gasteiger charge is 2.08. The van der Waals surface area contributed by atoms with Crippen molar-refractivity contribution >= 4 is 28.5 Å². The number of pyridine rings is 1. The van der Waals surface area contributed by atoms with E-state index in [9.17, 15) is 4.79 Å². The molecule has 118 valence electrons. The number of imidazole rings is 1. The molecule has 0 saturated heterocycles. The standard InChI is InChI=1S/C17H18N4O2/c1-3-12-6-11(7-17(22)23)4-5-13(12)20-16-8-15-14(9-18-16)19-10-21(15)2/h4-6,8-10H,3,7H2,1-2H3,(H,18,20)(H,22,23). The second-order valence-corrected chi connectivity index (χ2v) is 5.45. The summed E-state index contributed by atoms with van der Waals surface area (Å²) in [5.74, 6) is -0.0853. The first-order valence-electron chi connectivity index (χ1n) is 7.44. The van der Waals surface area contributed by atoms with Crippen molar-refractivity contribution < 1.29 is 9.90 Å². The highest BCUT2D eigenvalue weighted by molar-refractivity contribution is 5.78. The van der Waals surface area contributed by atoms with Crippen LogP contribution in [0.4, 0.5) is 11.5 Å². The van der Waals surface area contributed by atoms with Crippen LogP contribution in [0.5, 0.6) is 0 Å². The van der Waals surface area contributed by atoms with Gasteiger partial charge in [0.15, 0.2) is 0 Å². The average molecular weight is 310 g/mol. The van der Waals surface area contributed by atoms with Crippen LogP contribution in [-0.4, -0.2) is 25.6 Å². The summed E-state index contributed by atoms with van der Waals surface area (Å²) in [6.45, 7) is 2.04. The van der Waals surface area contributed by atoms with Gasteiger partial charge in [0.2, 0.25) is 0 Å². The summed E-state index contributed by atoms with van der Waals surface area (Å²) in [7, 11) is 1.94. The molecule has 0 aliphatic rings. The molecule has 0 aliphatic heterocycles. The molecule has 6 heteroatoms. The van der Waals surface area contributed by atoms with Gasteiger partial charge in [-0.2, -0.15) is 0 Å². The van der Waals surface area contributed by atoms with Crippen LogP contribution in [0.25, 0.3) is 11.0 Å². The van der Waals surface area contributed by atoms with E-state index in [1.54, 1.807) is 12.5 Å². The zero-order chi connectivity index (χ0) is 16.4. The second kappa shape index (κ2) is 6.08. The SMILES string of the molecule is CCc1cc(CC(=O)O)ccc1Nc1cc2c(cn1)ncn2C. The minimum absolute atomic E-state index is 0.0342. The van der Waals surface area contributed by atoms with E-state index in [1.165, 1.54) is 0 Å². The molecule has 6 nitrogen and oxygen atoms in total. The Bertz CT molecular complexity index is 870. The molecule has 0 aliphatic carbocycles. The summed E-state index contributed by atoms with van der Waals surface area (Å²) < 4.78 is 1.94. The Kier molecular flexibility index (Phi) is 3.97. The molecule has 3 aromatic rings. The normalized spacial score (nSPS) is 10.9. The fourth-order valence-corrected chi connectivity index (χ4v) is 2.58. The van der Waals surface area contributed by atoms with Crippen LogP contribution < -0.4 is 5.32 Å². The second-order valence-electron chi connectivity index (χ2n) is 5.45. The molecule has 0 spiro atoms. The van der Waals surface area contributed by atoms with E-state index >= 15 is 0 Å². The summed E-state index contributed by atoms with van der Waals surface area (Å²) in [4.78, 5) is 19.5. The van der Waals surface area contributed by atoms with Crippen LogP contribution in [0, 0.1) is 0 Å². The molecule has 0 fully saturated rings. The summed E-state index contributed by atoms with van der Waals surface area (Å²) in [5.41, 5.74) is 4.66. The maximum Gasteiger partial charge on any atom is 0.307 e. The third-order valence-corrected chi connectivity index (χ3v) is 3.78. The van der Waals surface area contributed by atoms with Gasteiger partial charge in [-0.1, -0.05) is 19.1 Å². The first kappa shape index (κ1) is 15.0. The number of carbonyl (C=O) groups is 1. The Labute approximate surface area is 133 Å². The van der Waals surface area contributed by atoms with E-state index in [-0.39, 0.29) is 6.42 Å². The predicted molar refractivity (Wildman–Crippen MR) is 89.0 cm³/mol. The van der Waals surface area contributed by atoms with Crippen molar-refractivity contribution in [1.82, 2.24) is 14.5 Å². The number of aromatic nitrogens is 3. The largest absolute Gasteiger partial charge is 0.481 e. The van der Waals surface area contributed by atoms with Gasteiger partial charge in [0.05, 0.1) is 24.5 Å². The smallest absolute Gasteiger partial charge is 0.307 e. The van der Waals surface area contributed by atoms with Crippen LogP contribution in [0.2, 0.25) is 0 Å². The van der Waals surface area contributed by atoms with E-state index in [1.807, 2.05) is 42.8 Å². The molecule has 23 heavy (non-hydrogen) atoms. The molecule has 0 saturated carbocycles. The molecule has 0 bridgehead atoms. The molecule has 2 heterocycles. The van der Waals surface area contributed by atoms with Crippen LogP contribution in [0.1, 0.15) is 18.1 Å². The first-order valence-corrected chi connectivity index (χ1v) is 7.44. The number of hydrogen-bond acceptors (Lipinski definition) is 4. The van der Waals surface area contributed by atoms with Crippen molar-refractivity contribution in [3.05, 3.63) is 47.9 Å². The third-order valence-electron chi connectivity index (χ3n) is 3.78. The van der Waals surface area contributed by atoms with Gasteiger partial charge in [0, 0.05) is 18.8 Å². The van der Waals surface area contributed by atoms with Gasteiger partial charge >= 0.3 is 5.97 Å². The van der Waals surface area contributed by atoms with Crippen LogP contribution in [0.15, 0.2) is 36.8 Å². The number of rotatable bonds is 5. The minimum Gasteiger partial charge on any atom is -0.481 e. The molecular weight excluding hydrogens is 292 g/mol. The first-order chi connectivity index (χ1) is 11.1. The molecule has 1 aromatic carbocycles. The number of nitrogens with zero attached hydrogens (tertiary/aromatic N) is 3. The van der Waals surface area contributed by atoms with Gasteiger partial charge in [-0.15, -0.1) is 0 Å². The Hall–Kier alpha value is -2.89. The number of aryl methyl sites for hydroxylation is 2. The maximum absolute atomic E-state index is 10.8. The fraction of sp³-hybridized carbons (Fsp3) is 0.235. The summed E-state index contributed by atoms with van der Waals surface area (Å²) in [6, 6.07) is 7.62. The van der Waals surface area contributed by atoms with E-state index in [0.717, 1.165) is 40.1 Å². The van der Waals surface area contributed by atoms with E-state index in [2.05, 4.69) is 15.3 Å². The Morgan fingerprint density at radius 3 is 2.87 bits per heavy atom. The van der Waals surface area contributed by atoms with Crippen molar-refractivity contribution in [2.24, 2.45) is 7.05 Å². The Morgan fingerprint density at radius 1 is 1.30 bits per heavy atom. The van der Waals surface area contributed by atoms with Gasteiger partial charge in [-0.3, -0.25) is 4.79 Å². The van der Waals surface area contributed by atoms with E-state index < -0.39 is 5.97 Å². The number of carboxylic acid groups (broad SMARTS) is 1. The number of nitrogens with one attached hydrogen (secondary N) is 1. The lowest BCUT2D eigenvalue weighted by Gasteiger charge is -2.12. The molecule has 0 radical (unpaired) electrons. The van der Waals surface area contributed by atoms with Crippen LogP contribution in [-0.2, 0) is 24.7 Å². The Morgan fingerprint density at radius 2 is 2.13 bits per heavy atom. The van der Waals surface area contributed by atoms with Crippen molar-refractivity contribution in [3.8, 4) is 0 Å². The predicted octanol–water partition coefficient (Wildman–Crippen LogP) is 2.90.